The van der Waals surface area contributed by atoms with Gasteiger partial charge in [0.25, 0.3) is 5.91 Å². The number of carbonyl (C=O) groups is 1. The van der Waals surface area contributed by atoms with Gasteiger partial charge in [-0.2, -0.15) is 0 Å². The molecule has 1 aromatic carbocycles. The molecule has 1 N–H and O–H groups in total. The van der Waals surface area contributed by atoms with Gasteiger partial charge in [-0.1, -0.05) is 51.1 Å². The third-order valence-corrected chi connectivity index (χ3v) is 4.50. The first-order valence-corrected chi connectivity index (χ1v) is 9.00. The van der Waals surface area contributed by atoms with Crippen molar-refractivity contribution in [3.63, 3.8) is 0 Å². The summed E-state index contributed by atoms with van der Waals surface area (Å²) in [6.45, 7) is 8.80. The highest BCUT2D eigenvalue weighted by Gasteiger charge is 2.28. The molecule has 0 spiro atoms. The van der Waals surface area contributed by atoms with E-state index in [0.717, 1.165) is 5.56 Å². The van der Waals surface area contributed by atoms with Crippen molar-refractivity contribution in [1.82, 2.24) is 24.8 Å². The average Bonchev–Trinajstić information content (AvgIpc) is 3.14. The number of imidazole rings is 1. The average molecular weight is 363 g/mol. The summed E-state index contributed by atoms with van der Waals surface area (Å²) >= 11 is 0. The van der Waals surface area contributed by atoms with Gasteiger partial charge in [0.1, 0.15) is 5.82 Å². The van der Waals surface area contributed by atoms with Crippen LogP contribution in [0.1, 0.15) is 37.0 Å². The molecule has 0 aliphatic heterocycles. The van der Waals surface area contributed by atoms with Crippen molar-refractivity contribution < 1.29 is 4.79 Å². The fraction of sp³-hybridized carbons (Fsp3) is 0.333. The number of aromatic nitrogens is 4. The maximum atomic E-state index is 13.1. The molecule has 27 heavy (non-hydrogen) atoms. The number of nitrogens with one attached hydrogen (secondary N) is 1. The predicted molar refractivity (Wildman–Crippen MR) is 105 cm³/mol. The van der Waals surface area contributed by atoms with Crippen molar-refractivity contribution in [1.29, 1.82) is 0 Å². The lowest BCUT2D eigenvalue weighted by molar-refractivity contribution is 0.0892. The number of nitrogens with zero attached hydrogens (tertiary/aromatic N) is 4. The van der Waals surface area contributed by atoms with Crippen molar-refractivity contribution in [2.45, 2.75) is 40.3 Å². The minimum atomic E-state index is -0.172. The Hall–Kier alpha value is -3.02. The summed E-state index contributed by atoms with van der Waals surface area (Å²) in [6, 6.07) is 9.63. The number of amides is 1. The zero-order valence-electron chi connectivity index (χ0n) is 16.2. The quantitative estimate of drug-likeness (QED) is 0.753. The highest BCUT2D eigenvalue weighted by Crippen LogP contribution is 2.24. The number of carbonyl (C=O) groups excluding carboxylic acids is 1. The van der Waals surface area contributed by atoms with Gasteiger partial charge < -0.3 is 9.88 Å². The summed E-state index contributed by atoms with van der Waals surface area (Å²) in [6.07, 6.45) is 7.00. The van der Waals surface area contributed by atoms with Crippen LogP contribution in [0.25, 0.3) is 11.3 Å². The molecule has 0 fully saturated rings. The molecule has 3 aromatic rings. The minimum absolute atomic E-state index is 0.0795. The smallest absolute Gasteiger partial charge is 0.255 e. The number of aryl methyl sites for hydroxylation is 1. The second-order valence-corrected chi connectivity index (χ2v) is 7.70. The molecule has 0 unspecified atom stereocenters. The Morgan fingerprint density at radius 2 is 1.96 bits per heavy atom. The fourth-order valence-corrected chi connectivity index (χ4v) is 2.83. The van der Waals surface area contributed by atoms with Gasteiger partial charge in [-0.05, 0) is 12.3 Å². The number of hydrogen-bond donors (Lipinski definition) is 1. The standard InChI is InChI=1S/C21H25N5O/c1-15-23-12-17(19(24-15)16-8-6-5-7-9-16)20(27)25-18(21(2,3)4)13-26-11-10-22-14-26/h5-12,14,18H,13H2,1-4H3,(H,25,27)/t18-/m1/s1. The van der Waals surface area contributed by atoms with Gasteiger partial charge in [-0.15, -0.1) is 0 Å². The highest BCUT2D eigenvalue weighted by molar-refractivity contribution is 5.99. The maximum absolute atomic E-state index is 13.1. The van der Waals surface area contributed by atoms with Gasteiger partial charge in [-0.25, -0.2) is 15.0 Å². The molecular weight excluding hydrogens is 338 g/mol. The van der Waals surface area contributed by atoms with E-state index < -0.39 is 0 Å². The van der Waals surface area contributed by atoms with E-state index in [9.17, 15) is 4.79 Å². The van der Waals surface area contributed by atoms with Crippen molar-refractivity contribution in [3.05, 3.63) is 66.6 Å². The third-order valence-electron chi connectivity index (χ3n) is 4.50. The zero-order valence-corrected chi connectivity index (χ0v) is 16.2. The summed E-state index contributed by atoms with van der Waals surface area (Å²) in [5, 5.41) is 3.17. The van der Waals surface area contributed by atoms with Crippen LogP contribution in [0.2, 0.25) is 0 Å². The van der Waals surface area contributed by atoms with E-state index in [1.807, 2.05) is 48.0 Å². The molecule has 6 heteroatoms. The third kappa shape index (κ3) is 4.58. The fourth-order valence-electron chi connectivity index (χ4n) is 2.83. The van der Waals surface area contributed by atoms with E-state index >= 15 is 0 Å². The molecule has 1 atom stereocenters. The van der Waals surface area contributed by atoms with Gasteiger partial charge in [-0.3, -0.25) is 4.79 Å². The second kappa shape index (κ2) is 7.70. The van der Waals surface area contributed by atoms with Gasteiger partial charge in [0.2, 0.25) is 0 Å². The zero-order chi connectivity index (χ0) is 19.4. The van der Waals surface area contributed by atoms with Crippen LogP contribution in [0.15, 0.2) is 55.2 Å². The van der Waals surface area contributed by atoms with E-state index in [2.05, 4.69) is 41.0 Å². The lowest BCUT2D eigenvalue weighted by Gasteiger charge is -2.32. The predicted octanol–water partition coefficient (Wildman–Crippen LogP) is 3.49. The molecule has 1 amide bonds. The van der Waals surface area contributed by atoms with E-state index in [-0.39, 0.29) is 17.4 Å². The normalized spacial score (nSPS) is 12.6. The molecular formula is C21H25N5O. The maximum Gasteiger partial charge on any atom is 0.255 e. The summed E-state index contributed by atoms with van der Waals surface area (Å²) in [4.78, 5) is 26.0. The SMILES string of the molecule is Cc1ncc(C(=O)N[C@H](Cn2ccnc2)C(C)(C)C)c(-c2ccccc2)n1. The van der Waals surface area contributed by atoms with Crippen molar-refractivity contribution in [3.8, 4) is 11.3 Å². The summed E-state index contributed by atoms with van der Waals surface area (Å²) in [5.41, 5.74) is 1.90. The number of rotatable bonds is 5. The monoisotopic (exact) mass is 363 g/mol. The lowest BCUT2D eigenvalue weighted by atomic mass is 9.86. The van der Waals surface area contributed by atoms with Crippen LogP contribution in [-0.2, 0) is 6.54 Å². The largest absolute Gasteiger partial charge is 0.347 e. The van der Waals surface area contributed by atoms with Crippen LogP contribution < -0.4 is 5.32 Å². The summed E-state index contributed by atoms with van der Waals surface area (Å²) < 4.78 is 1.97. The van der Waals surface area contributed by atoms with Crippen molar-refractivity contribution >= 4 is 5.91 Å². The molecule has 0 aliphatic rings. The van der Waals surface area contributed by atoms with Gasteiger partial charge in [0.15, 0.2) is 0 Å². The van der Waals surface area contributed by atoms with E-state index in [1.165, 1.54) is 0 Å². The van der Waals surface area contributed by atoms with Crippen molar-refractivity contribution in [2.24, 2.45) is 5.41 Å². The van der Waals surface area contributed by atoms with Gasteiger partial charge >= 0.3 is 0 Å². The molecule has 2 heterocycles. The van der Waals surface area contributed by atoms with Crippen LogP contribution >= 0.6 is 0 Å². The second-order valence-electron chi connectivity index (χ2n) is 7.70. The molecule has 6 nitrogen and oxygen atoms in total. The van der Waals surface area contributed by atoms with E-state index in [0.29, 0.717) is 23.6 Å². The first-order valence-electron chi connectivity index (χ1n) is 9.00. The van der Waals surface area contributed by atoms with Crippen LogP contribution in [0.3, 0.4) is 0 Å². The molecule has 0 bridgehead atoms. The molecule has 3 rings (SSSR count). The molecule has 140 valence electrons. The Morgan fingerprint density at radius 1 is 1.22 bits per heavy atom. The molecule has 0 aliphatic carbocycles. The van der Waals surface area contributed by atoms with Crippen molar-refractivity contribution in [2.75, 3.05) is 0 Å². The van der Waals surface area contributed by atoms with E-state index in [1.54, 1.807) is 18.7 Å². The Balaban J connectivity index is 1.90. The topological polar surface area (TPSA) is 72.7 Å². The van der Waals surface area contributed by atoms with Crippen LogP contribution in [-0.4, -0.2) is 31.5 Å². The summed E-state index contributed by atoms with van der Waals surface area (Å²) in [5.74, 6) is 0.463. The Labute approximate surface area is 159 Å². The number of hydrogen-bond acceptors (Lipinski definition) is 4. The lowest BCUT2D eigenvalue weighted by Crippen LogP contribution is -2.46. The molecule has 0 saturated heterocycles. The first-order chi connectivity index (χ1) is 12.8. The highest BCUT2D eigenvalue weighted by atomic mass is 16.1. The summed E-state index contributed by atoms with van der Waals surface area (Å²) in [7, 11) is 0. The van der Waals surface area contributed by atoms with Gasteiger partial charge in [0.05, 0.1) is 23.6 Å². The van der Waals surface area contributed by atoms with E-state index in [4.69, 9.17) is 0 Å². The Morgan fingerprint density at radius 3 is 2.59 bits per heavy atom. The van der Waals surface area contributed by atoms with Gasteiger partial charge in [0, 0.05) is 30.7 Å². The molecule has 0 saturated carbocycles. The Bertz CT molecular complexity index is 898. The first kappa shape index (κ1) is 18.8. The van der Waals surface area contributed by atoms with Crippen LogP contribution in [0.5, 0.6) is 0 Å². The van der Waals surface area contributed by atoms with Crippen LogP contribution in [0.4, 0.5) is 0 Å². The molecule has 2 aromatic heterocycles. The van der Waals surface area contributed by atoms with Crippen LogP contribution in [0, 0.1) is 12.3 Å². The Kier molecular flexibility index (Phi) is 5.35. The molecule has 0 radical (unpaired) electrons. The minimum Gasteiger partial charge on any atom is -0.347 e. The number of benzene rings is 1.